The Bertz CT molecular complexity index is 1490. The van der Waals surface area contributed by atoms with E-state index in [0.717, 1.165) is 28.6 Å². The van der Waals surface area contributed by atoms with Crippen LogP contribution in [-0.4, -0.2) is 19.1 Å². The summed E-state index contributed by atoms with van der Waals surface area (Å²) in [6.07, 6.45) is 2.40. The van der Waals surface area contributed by atoms with Gasteiger partial charge in [0, 0.05) is 12.2 Å². The van der Waals surface area contributed by atoms with Crippen molar-refractivity contribution in [3.63, 3.8) is 0 Å². The van der Waals surface area contributed by atoms with E-state index < -0.39 is 0 Å². The van der Waals surface area contributed by atoms with Crippen LogP contribution < -0.4 is 14.4 Å². The van der Waals surface area contributed by atoms with Crippen molar-refractivity contribution in [2.75, 3.05) is 18.1 Å². The average Bonchev–Trinajstić information content (AvgIpc) is 3.35. The van der Waals surface area contributed by atoms with Gasteiger partial charge < -0.3 is 14.4 Å². The molecule has 1 amide bonds. The normalized spacial score (nSPS) is 12.8. The Morgan fingerprint density at radius 3 is 2.64 bits per heavy atom. The standard InChI is InChI=1S/C31H26N2O3/c1-2-35-30-19-22(18-26(20-32)31(34)33-17-16-24-9-4-6-13-28(24)33)14-15-29(30)36-21-25-11-7-10-23-8-3-5-12-27(23)25/h3-15,18-19H,2,16-17,21H2,1H3/b26-18+. The monoisotopic (exact) mass is 474 g/mol. The summed E-state index contributed by atoms with van der Waals surface area (Å²) in [5.41, 5.74) is 3.86. The number of anilines is 1. The fourth-order valence-electron chi connectivity index (χ4n) is 4.58. The summed E-state index contributed by atoms with van der Waals surface area (Å²) < 4.78 is 12.0. The molecule has 4 aromatic rings. The van der Waals surface area contributed by atoms with Gasteiger partial charge >= 0.3 is 0 Å². The maximum Gasteiger partial charge on any atom is 0.268 e. The van der Waals surface area contributed by atoms with E-state index in [1.807, 2.05) is 67.6 Å². The minimum absolute atomic E-state index is 0.0820. The Morgan fingerprint density at radius 1 is 0.972 bits per heavy atom. The largest absolute Gasteiger partial charge is 0.490 e. The number of fused-ring (bicyclic) bond motifs is 2. The number of nitrogens with zero attached hydrogens (tertiary/aromatic N) is 2. The van der Waals surface area contributed by atoms with Gasteiger partial charge in [-0.15, -0.1) is 0 Å². The van der Waals surface area contributed by atoms with Crippen molar-refractivity contribution >= 4 is 28.4 Å². The van der Waals surface area contributed by atoms with Crippen LogP contribution in [0.1, 0.15) is 23.6 Å². The van der Waals surface area contributed by atoms with Gasteiger partial charge in [0.2, 0.25) is 0 Å². The number of rotatable bonds is 7. The predicted octanol–water partition coefficient (Wildman–Crippen LogP) is 6.31. The molecule has 0 radical (unpaired) electrons. The number of carbonyl (C=O) groups excluding carboxylic acids is 1. The Morgan fingerprint density at radius 2 is 1.78 bits per heavy atom. The van der Waals surface area contributed by atoms with Crippen molar-refractivity contribution in [2.24, 2.45) is 0 Å². The average molecular weight is 475 g/mol. The van der Waals surface area contributed by atoms with Crippen LogP contribution in [0.25, 0.3) is 16.8 Å². The smallest absolute Gasteiger partial charge is 0.268 e. The topological polar surface area (TPSA) is 62.6 Å². The Balaban J connectivity index is 1.38. The SMILES string of the molecule is CCOc1cc(/C=C(\C#N)C(=O)N2CCc3ccccc32)ccc1OCc1cccc2ccccc12. The van der Waals surface area contributed by atoms with Crippen molar-refractivity contribution in [1.29, 1.82) is 5.26 Å². The van der Waals surface area contributed by atoms with E-state index in [2.05, 4.69) is 30.3 Å². The highest BCUT2D eigenvalue weighted by Gasteiger charge is 2.26. The molecule has 0 fully saturated rings. The maximum atomic E-state index is 13.2. The third-order valence-electron chi connectivity index (χ3n) is 6.32. The molecule has 4 aromatic carbocycles. The highest BCUT2D eigenvalue weighted by Crippen LogP contribution is 2.32. The molecule has 178 valence electrons. The molecule has 0 saturated heterocycles. The summed E-state index contributed by atoms with van der Waals surface area (Å²) in [4.78, 5) is 14.8. The fourth-order valence-corrected chi connectivity index (χ4v) is 4.58. The second-order valence-electron chi connectivity index (χ2n) is 8.57. The lowest BCUT2D eigenvalue weighted by Gasteiger charge is -2.17. The first-order valence-corrected chi connectivity index (χ1v) is 12.1. The van der Waals surface area contributed by atoms with Crippen molar-refractivity contribution in [1.82, 2.24) is 0 Å². The number of hydrogen-bond acceptors (Lipinski definition) is 4. The summed E-state index contributed by atoms with van der Waals surface area (Å²) in [5.74, 6) is 0.889. The van der Waals surface area contributed by atoms with E-state index in [0.29, 0.717) is 36.8 Å². The third kappa shape index (κ3) is 4.67. The van der Waals surface area contributed by atoms with E-state index in [1.54, 1.807) is 11.0 Å². The first kappa shape index (κ1) is 23.2. The second kappa shape index (κ2) is 10.4. The molecule has 1 aliphatic heterocycles. The van der Waals surface area contributed by atoms with Gasteiger partial charge in [-0.05, 0) is 65.1 Å². The minimum atomic E-state index is -0.295. The summed E-state index contributed by atoms with van der Waals surface area (Å²) >= 11 is 0. The quantitative estimate of drug-likeness (QED) is 0.232. The molecule has 1 aliphatic rings. The number of nitriles is 1. The Hall–Kier alpha value is -4.56. The molecule has 0 aromatic heterocycles. The van der Waals surface area contributed by atoms with Crippen molar-refractivity contribution < 1.29 is 14.3 Å². The fraction of sp³-hybridized carbons (Fsp3) is 0.161. The Kier molecular flexibility index (Phi) is 6.68. The van der Waals surface area contributed by atoms with Crippen LogP contribution in [0.5, 0.6) is 11.5 Å². The van der Waals surface area contributed by atoms with Gasteiger partial charge in [-0.25, -0.2) is 0 Å². The van der Waals surface area contributed by atoms with Crippen LogP contribution in [0.2, 0.25) is 0 Å². The van der Waals surface area contributed by atoms with Crippen LogP contribution in [0.4, 0.5) is 5.69 Å². The molecule has 1 heterocycles. The van der Waals surface area contributed by atoms with E-state index in [4.69, 9.17) is 9.47 Å². The number of ether oxygens (including phenoxy) is 2. The molecular weight excluding hydrogens is 448 g/mol. The highest BCUT2D eigenvalue weighted by molar-refractivity contribution is 6.12. The lowest BCUT2D eigenvalue weighted by atomic mass is 10.1. The number of hydrogen-bond donors (Lipinski definition) is 0. The second-order valence-corrected chi connectivity index (χ2v) is 8.57. The summed E-state index contributed by atoms with van der Waals surface area (Å²) in [7, 11) is 0. The van der Waals surface area contributed by atoms with E-state index >= 15 is 0 Å². The van der Waals surface area contributed by atoms with Crippen molar-refractivity contribution in [3.8, 4) is 17.6 Å². The van der Waals surface area contributed by atoms with Crippen LogP contribution in [-0.2, 0) is 17.8 Å². The van der Waals surface area contributed by atoms with Gasteiger partial charge in [0.25, 0.3) is 5.91 Å². The van der Waals surface area contributed by atoms with Gasteiger partial charge in [-0.3, -0.25) is 4.79 Å². The zero-order valence-corrected chi connectivity index (χ0v) is 20.1. The van der Waals surface area contributed by atoms with Crippen LogP contribution >= 0.6 is 0 Å². The molecule has 0 saturated carbocycles. The summed E-state index contributed by atoms with van der Waals surface area (Å²) in [5, 5.41) is 12.1. The van der Waals surface area contributed by atoms with Gasteiger partial charge in [0.05, 0.1) is 6.61 Å². The lowest BCUT2D eigenvalue weighted by Crippen LogP contribution is -2.29. The third-order valence-corrected chi connectivity index (χ3v) is 6.32. The summed E-state index contributed by atoms with van der Waals surface area (Å²) in [6, 6.07) is 29.8. The van der Waals surface area contributed by atoms with Crippen LogP contribution in [0.3, 0.4) is 0 Å². The molecule has 0 atom stereocenters. The van der Waals surface area contributed by atoms with Crippen molar-refractivity contribution in [2.45, 2.75) is 20.0 Å². The molecule has 0 aliphatic carbocycles. The minimum Gasteiger partial charge on any atom is -0.490 e. The molecule has 5 rings (SSSR count). The van der Waals surface area contributed by atoms with E-state index in [1.165, 1.54) is 5.39 Å². The highest BCUT2D eigenvalue weighted by atomic mass is 16.5. The molecule has 36 heavy (non-hydrogen) atoms. The first-order chi connectivity index (χ1) is 17.7. The molecule has 5 nitrogen and oxygen atoms in total. The summed E-state index contributed by atoms with van der Waals surface area (Å²) in [6.45, 7) is 3.34. The molecule has 0 unspecified atom stereocenters. The number of amides is 1. The van der Waals surface area contributed by atoms with Crippen molar-refractivity contribution in [3.05, 3.63) is 107 Å². The number of para-hydroxylation sites is 1. The molecule has 5 heteroatoms. The molecule has 0 spiro atoms. The van der Waals surface area contributed by atoms with E-state index in [-0.39, 0.29) is 11.5 Å². The first-order valence-electron chi connectivity index (χ1n) is 12.1. The van der Waals surface area contributed by atoms with Crippen LogP contribution in [0.15, 0.2) is 90.5 Å². The molecule has 0 bridgehead atoms. The van der Waals surface area contributed by atoms with Gasteiger partial charge in [-0.1, -0.05) is 66.7 Å². The maximum absolute atomic E-state index is 13.2. The van der Waals surface area contributed by atoms with E-state index in [9.17, 15) is 10.1 Å². The Labute approximate surface area is 210 Å². The predicted molar refractivity (Wildman–Crippen MR) is 142 cm³/mol. The van der Waals surface area contributed by atoms with Crippen LogP contribution in [0, 0.1) is 11.3 Å². The zero-order chi connectivity index (χ0) is 24.9. The lowest BCUT2D eigenvalue weighted by molar-refractivity contribution is -0.114. The molecule has 0 N–H and O–H groups in total. The van der Waals surface area contributed by atoms with Gasteiger partial charge in [0.15, 0.2) is 11.5 Å². The number of carbonyl (C=O) groups is 1. The van der Waals surface area contributed by atoms with Gasteiger partial charge in [-0.2, -0.15) is 5.26 Å². The number of benzene rings is 4. The van der Waals surface area contributed by atoms with Gasteiger partial charge in [0.1, 0.15) is 18.2 Å². The molecular formula is C31H26N2O3. The zero-order valence-electron chi connectivity index (χ0n) is 20.1.